The quantitative estimate of drug-likeness (QED) is 0.745. The molecule has 0 aliphatic heterocycles. The van der Waals surface area contributed by atoms with Gasteiger partial charge in [-0.3, -0.25) is 14.4 Å². The molecular weight excluding hydrogens is 352 g/mol. The summed E-state index contributed by atoms with van der Waals surface area (Å²) in [4.78, 5) is 36.4. The number of ether oxygens (including phenoxy) is 1. The maximum Gasteiger partial charge on any atom is 0.325 e. The molecule has 5 rings (SSSR count). The molecule has 4 fully saturated rings. The molecule has 4 aliphatic carbocycles. The Morgan fingerprint density at radius 1 is 1.12 bits per heavy atom. The number of carbonyl (C=O) groups excluding carboxylic acids is 3. The Kier molecular flexibility index (Phi) is 4.73. The minimum atomic E-state index is -0.601. The van der Waals surface area contributed by atoms with E-state index in [1.54, 1.807) is 17.5 Å². The van der Waals surface area contributed by atoms with Crippen LogP contribution in [-0.2, 0) is 14.3 Å². The lowest BCUT2D eigenvalue weighted by Gasteiger charge is -2.56. The Balaban J connectivity index is 1.20. The summed E-state index contributed by atoms with van der Waals surface area (Å²) in [5, 5.41) is 7.46. The summed E-state index contributed by atoms with van der Waals surface area (Å²) < 4.78 is 5.02. The smallest absolute Gasteiger partial charge is 0.325 e. The third-order valence-electron chi connectivity index (χ3n) is 5.95. The van der Waals surface area contributed by atoms with E-state index in [2.05, 4.69) is 10.6 Å². The number of hydrogen-bond acceptors (Lipinski definition) is 5. The second-order valence-corrected chi connectivity index (χ2v) is 9.01. The van der Waals surface area contributed by atoms with Crippen molar-refractivity contribution in [2.45, 2.75) is 44.1 Å². The van der Waals surface area contributed by atoms with Gasteiger partial charge >= 0.3 is 5.97 Å². The van der Waals surface area contributed by atoms with Crippen LogP contribution in [0.5, 0.6) is 0 Å². The van der Waals surface area contributed by atoms with Gasteiger partial charge in [0.2, 0.25) is 0 Å². The molecule has 4 saturated carbocycles. The topological polar surface area (TPSA) is 84.5 Å². The van der Waals surface area contributed by atoms with E-state index in [0.717, 1.165) is 37.0 Å². The SMILES string of the molecule is O=C(COC(=O)CNC(=O)c1cccs1)NC12CC3CC(CC(C3)C1)C2. The van der Waals surface area contributed by atoms with Crippen LogP contribution in [0.25, 0.3) is 0 Å². The summed E-state index contributed by atoms with van der Waals surface area (Å²) >= 11 is 1.30. The zero-order valence-corrected chi connectivity index (χ0v) is 15.5. The zero-order valence-electron chi connectivity index (χ0n) is 14.7. The van der Waals surface area contributed by atoms with Crippen LogP contribution in [0, 0.1) is 17.8 Å². The first-order valence-electron chi connectivity index (χ1n) is 9.30. The zero-order chi connectivity index (χ0) is 18.1. The van der Waals surface area contributed by atoms with Gasteiger partial charge in [-0.15, -0.1) is 11.3 Å². The summed E-state index contributed by atoms with van der Waals surface area (Å²) in [5.41, 5.74) is -0.0778. The number of esters is 1. The predicted molar refractivity (Wildman–Crippen MR) is 96.7 cm³/mol. The van der Waals surface area contributed by atoms with Crippen LogP contribution < -0.4 is 10.6 Å². The number of carbonyl (C=O) groups is 3. The Hall–Kier alpha value is -1.89. The summed E-state index contributed by atoms with van der Waals surface area (Å²) in [7, 11) is 0. The second kappa shape index (κ2) is 7.02. The highest BCUT2D eigenvalue weighted by Crippen LogP contribution is 2.55. The van der Waals surface area contributed by atoms with E-state index in [4.69, 9.17) is 4.74 Å². The van der Waals surface area contributed by atoms with Crippen molar-refractivity contribution in [2.75, 3.05) is 13.2 Å². The molecule has 0 saturated heterocycles. The summed E-state index contributed by atoms with van der Waals surface area (Å²) in [6, 6.07) is 3.46. The van der Waals surface area contributed by atoms with Crippen LogP contribution in [0.2, 0.25) is 0 Å². The minimum absolute atomic E-state index is 0.0778. The van der Waals surface area contributed by atoms with Crippen molar-refractivity contribution in [3.05, 3.63) is 22.4 Å². The van der Waals surface area contributed by atoms with Gasteiger partial charge in [0.1, 0.15) is 6.54 Å². The average molecular weight is 376 g/mol. The van der Waals surface area contributed by atoms with Crippen molar-refractivity contribution in [1.82, 2.24) is 10.6 Å². The summed E-state index contributed by atoms with van der Waals surface area (Å²) in [6.07, 6.45) is 7.14. The molecule has 1 heterocycles. The second-order valence-electron chi connectivity index (χ2n) is 8.07. The Labute approximate surface area is 156 Å². The van der Waals surface area contributed by atoms with E-state index >= 15 is 0 Å². The fourth-order valence-electron chi connectivity index (χ4n) is 5.44. The molecule has 2 N–H and O–H groups in total. The summed E-state index contributed by atoms with van der Waals surface area (Å²) in [6.45, 7) is -0.517. The third kappa shape index (κ3) is 3.77. The molecule has 2 amide bonds. The Morgan fingerprint density at radius 3 is 2.35 bits per heavy atom. The highest BCUT2D eigenvalue weighted by molar-refractivity contribution is 7.12. The van der Waals surface area contributed by atoms with Gasteiger partial charge in [0.15, 0.2) is 6.61 Å². The van der Waals surface area contributed by atoms with Gasteiger partial charge in [-0.2, -0.15) is 0 Å². The maximum absolute atomic E-state index is 12.3. The fraction of sp³-hybridized carbons (Fsp3) is 0.632. The molecule has 0 spiro atoms. The third-order valence-corrected chi connectivity index (χ3v) is 6.81. The van der Waals surface area contributed by atoms with Crippen molar-refractivity contribution < 1.29 is 19.1 Å². The van der Waals surface area contributed by atoms with Gasteiger partial charge in [-0.05, 0) is 67.7 Å². The monoisotopic (exact) mass is 376 g/mol. The van der Waals surface area contributed by atoms with Crippen molar-refractivity contribution in [1.29, 1.82) is 0 Å². The molecule has 7 heteroatoms. The fourth-order valence-corrected chi connectivity index (χ4v) is 6.08. The predicted octanol–water partition coefficient (Wildman–Crippen LogP) is 2.11. The first-order valence-corrected chi connectivity index (χ1v) is 10.2. The lowest BCUT2D eigenvalue weighted by Crippen LogP contribution is -2.60. The van der Waals surface area contributed by atoms with Crippen LogP contribution in [0.4, 0.5) is 0 Å². The molecule has 0 aromatic carbocycles. The van der Waals surface area contributed by atoms with Crippen LogP contribution in [0.3, 0.4) is 0 Å². The molecule has 1 aromatic rings. The highest BCUT2D eigenvalue weighted by atomic mass is 32.1. The number of thiophene rings is 1. The first-order chi connectivity index (χ1) is 12.5. The van der Waals surface area contributed by atoms with Crippen LogP contribution in [0.15, 0.2) is 17.5 Å². The average Bonchev–Trinajstić information content (AvgIpc) is 3.11. The van der Waals surface area contributed by atoms with Gasteiger partial charge in [-0.1, -0.05) is 6.07 Å². The van der Waals surface area contributed by atoms with Gasteiger partial charge in [0.05, 0.1) is 4.88 Å². The van der Waals surface area contributed by atoms with E-state index in [-0.39, 0.29) is 30.5 Å². The molecule has 0 atom stereocenters. The molecule has 26 heavy (non-hydrogen) atoms. The van der Waals surface area contributed by atoms with E-state index in [1.165, 1.54) is 30.6 Å². The van der Waals surface area contributed by atoms with Crippen molar-refractivity contribution >= 4 is 29.1 Å². The van der Waals surface area contributed by atoms with Crippen LogP contribution in [-0.4, -0.2) is 36.5 Å². The van der Waals surface area contributed by atoms with Crippen molar-refractivity contribution in [3.8, 4) is 0 Å². The molecule has 4 aliphatic rings. The van der Waals surface area contributed by atoms with Gasteiger partial charge < -0.3 is 15.4 Å². The van der Waals surface area contributed by atoms with E-state index < -0.39 is 5.97 Å². The molecule has 4 bridgehead atoms. The van der Waals surface area contributed by atoms with Crippen LogP contribution in [0.1, 0.15) is 48.2 Å². The Morgan fingerprint density at radius 2 is 1.77 bits per heavy atom. The lowest BCUT2D eigenvalue weighted by molar-refractivity contribution is -0.149. The molecule has 140 valence electrons. The highest BCUT2D eigenvalue weighted by Gasteiger charge is 2.51. The lowest BCUT2D eigenvalue weighted by atomic mass is 9.53. The summed E-state index contributed by atoms with van der Waals surface area (Å²) in [5.74, 6) is 1.10. The van der Waals surface area contributed by atoms with Crippen molar-refractivity contribution in [3.63, 3.8) is 0 Å². The van der Waals surface area contributed by atoms with Gasteiger partial charge in [0.25, 0.3) is 11.8 Å². The van der Waals surface area contributed by atoms with Crippen LogP contribution >= 0.6 is 11.3 Å². The number of nitrogens with one attached hydrogen (secondary N) is 2. The first kappa shape index (κ1) is 17.5. The standard InChI is InChI=1S/C19H24N2O4S/c22-16(11-25-17(23)10-20-18(24)15-2-1-3-26-15)21-19-7-12-4-13(8-19)6-14(5-12)9-19/h1-3,12-14H,4-11H2,(H,20,24)(H,21,22). The molecule has 0 unspecified atom stereocenters. The number of hydrogen-bond donors (Lipinski definition) is 2. The number of rotatable bonds is 6. The maximum atomic E-state index is 12.3. The Bertz CT molecular complexity index is 665. The van der Waals surface area contributed by atoms with Crippen molar-refractivity contribution in [2.24, 2.45) is 17.8 Å². The largest absolute Gasteiger partial charge is 0.454 e. The molecule has 6 nitrogen and oxygen atoms in total. The molecule has 1 aromatic heterocycles. The van der Waals surface area contributed by atoms with Gasteiger partial charge in [0, 0.05) is 5.54 Å². The van der Waals surface area contributed by atoms with E-state index in [1.807, 2.05) is 0 Å². The molecular formula is C19H24N2O4S. The normalized spacial score (nSPS) is 31.5. The minimum Gasteiger partial charge on any atom is -0.454 e. The van der Waals surface area contributed by atoms with E-state index in [0.29, 0.717) is 4.88 Å². The number of amides is 2. The van der Waals surface area contributed by atoms with E-state index in [9.17, 15) is 14.4 Å². The molecule has 0 radical (unpaired) electrons. The van der Waals surface area contributed by atoms with Gasteiger partial charge in [-0.25, -0.2) is 0 Å².